The molecule has 0 aliphatic rings. The van der Waals surface area contributed by atoms with E-state index in [1.807, 2.05) is 0 Å². The van der Waals surface area contributed by atoms with Crippen molar-refractivity contribution in [3.8, 4) is 0 Å². The Kier molecular flexibility index (Phi) is 40.1. The van der Waals surface area contributed by atoms with Crippen molar-refractivity contribution in [1.82, 2.24) is 0 Å². The summed E-state index contributed by atoms with van der Waals surface area (Å²) in [4.78, 5) is 12.2. The average molecular weight is 673 g/mol. The van der Waals surface area contributed by atoms with Gasteiger partial charge in [-0.3, -0.25) is 4.79 Å². The molecule has 0 aromatic carbocycles. The van der Waals surface area contributed by atoms with Crippen molar-refractivity contribution in [2.24, 2.45) is 0 Å². The monoisotopic (exact) mass is 673 g/mol. The molecule has 0 bridgehead atoms. The van der Waals surface area contributed by atoms with Crippen LogP contribution in [0.2, 0.25) is 0 Å². The maximum atomic E-state index is 12.2. The van der Waals surface area contributed by atoms with Crippen molar-refractivity contribution in [1.29, 1.82) is 0 Å². The number of aliphatic hydroxyl groups excluding tert-OH is 1. The summed E-state index contributed by atoms with van der Waals surface area (Å²) in [6, 6.07) is 0. The molecule has 0 aliphatic heterocycles. The van der Waals surface area contributed by atoms with Gasteiger partial charge in [-0.1, -0.05) is 191 Å². The van der Waals surface area contributed by atoms with Gasteiger partial charge in [0.25, 0.3) is 0 Å². The van der Waals surface area contributed by atoms with Gasteiger partial charge in [0, 0.05) is 13.0 Å². The van der Waals surface area contributed by atoms with Crippen LogP contribution in [0.15, 0.2) is 48.6 Å². The lowest BCUT2D eigenvalue weighted by Crippen LogP contribution is -2.27. The summed E-state index contributed by atoms with van der Waals surface area (Å²) in [6.07, 6.45) is 53.0. The van der Waals surface area contributed by atoms with Crippen LogP contribution in [0.5, 0.6) is 0 Å². The third kappa shape index (κ3) is 38.8. The first-order valence-corrected chi connectivity index (χ1v) is 20.7. The zero-order chi connectivity index (χ0) is 34.9. The van der Waals surface area contributed by atoms with E-state index in [9.17, 15) is 9.90 Å². The molecule has 0 rings (SSSR count). The second-order valence-electron chi connectivity index (χ2n) is 13.7. The summed E-state index contributed by atoms with van der Waals surface area (Å²) in [5, 5.41) is 9.59. The summed E-state index contributed by atoms with van der Waals surface area (Å²) in [6.45, 7) is 5.24. The topological polar surface area (TPSA) is 55.8 Å². The molecule has 0 radical (unpaired) electrons. The van der Waals surface area contributed by atoms with E-state index in [1.54, 1.807) is 0 Å². The van der Waals surface area contributed by atoms with Crippen molar-refractivity contribution >= 4 is 5.97 Å². The molecule has 0 spiro atoms. The molecule has 1 N–H and O–H groups in total. The average Bonchev–Trinajstić information content (AvgIpc) is 3.09. The number of carbonyl (C=O) groups excluding carboxylic acids is 1. The minimum Gasteiger partial charge on any atom is -0.457 e. The largest absolute Gasteiger partial charge is 0.457 e. The van der Waals surface area contributed by atoms with E-state index in [1.165, 1.54) is 135 Å². The highest BCUT2D eigenvalue weighted by atomic mass is 16.6. The van der Waals surface area contributed by atoms with Gasteiger partial charge >= 0.3 is 5.97 Å². The standard InChI is InChI=1S/C44H80O4/c1-3-5-7-9-11-13-15-17-19-20-21-22-23-24-25-27-29-31-33-35-37-39-44(46)48-43(41-45)42-47-40-38-36-34-32-30-28-26-18-16-14-12-10-8-6-4-2/h5,7,11,13,17,19,21-22,43,45H,3-4,6,8-10,12,14-16,18,20,23-42H2,1-2H3/b7-5-,13-11-,19-17-,22-21-. The van der Waals surface area contributed by atoms with Gasteiger partial charge < -0.3 is 14.6 Å². The Balaban J connectivity index is 3.45. The number of unbranched alkanes of at least 4 members (excludes halogenated alkanes) is 22. The Morgan fingerprint density at radius 2 is 0.938 bits per heavy atom. The van der Waals surface area contributed by atoms with Crippen LogP contribution in [0.4, 0.5) is 0 Å². The zero-order valence-electron chi connectivity index (χ0n) is 32.0. The maximum absolute atomic E-state index is 12.2. The number of rotatable bonds is 38. The molecule has 0 aliphatic carbocycles. The molecule has 0 saturated carbocycles. The van der Waals surface area contributed by atoms with Crippen molar-refractivity contribution in [3.63, 3.8) is 0 Å². The van der Waals surface area contributed by atoms with E-state index in [0.717, 1.165) is 44.9 Å². The molecule has 0 aromatic rings. The van der Waals surface area contributed by atoms with E-state index in [-0.39, 0.29) is 12.6 Å². The van der Waals surface area contributed by atoms with Crippen molar-refractivity contribution in [2.45, 2.75) is 206 Å². The molecule has 1 atom stereocenters. The van der Waals surface area contributed by atoms with Gasteiger partial charge in [-0.2, -0.15) is 0 Å². The highest BCUT2D eigenvalue weighted by Crippen LogP contribution is 2.14. The van der Waals surface area contributed by atoms with Gasteiger partial charge in [0.1, 0.15) is 6.10 Å². The van der Waals surface area contributed by atoms with Crippen molar-refractivity contribution in [2.75, 3.05) is 19.8 Å². The smallest absolute Gasteiger partial charge is 0.306 e. The second kappa shape index (κ2) is 41.5. The molecular weight excluding hydrogens is 592 g/mol. The van der Waals surface area contributed by atoms with Crippen LogP contribution in [0.1, 0.15) is 200 Å². The lowest BCUT2D eigenvalue weighted by molar-refractivity contribution is -0.154. The molecular formula is C44H80O4. The summed E-state index contributed by atoms with van der Waals surface area (Å²) in [5.41, 5.74) is 0. The third-order valence-electron chi connectivity index (χ3n) is 8.92. The minimum atomic E-state index is -0.537. The highest BCUT2D eigenvalue weighted by molar-refractivity contribution is 5.69. The molecule has 0 aromatic heterocycles. The molecule has 48 heavy (non-hydrogen) atoms. The zero-order valence-corrected chi connectivity index (χ0v) is 32.0. The van der Waals surface area contributed by atoms with E-state index in [4.69, 9.17) is 9.47 Å². The van der Waals surface area contributed by atoms with E-state index in [0.29, 0.717) is 19.6 Å². The fraction of sp³-hybridized carbons (Fsp3) is 0.795. The summed E-state index contributed by atoms with van der Waals surface area (Å²) >= 11 is 0. The van der Waals surface area contributed by atoms with E-state index < -0.39 is 6.10 Å². The molecule has 1 unspecified atom stereocenters. The summed E-state index contributed by atoms with van der Waals surface area (Å²) in [7, 11) is 0. The number of aliphatic hydroxyl groups is 1. The minimum absolute atomic E-state index is 0.174. The van der Waals surface area contributed by atoms with Crippen LogP contribution < -0.4 is 0 Å². The molecule has 280 valence electrons. The molecule has 0 heterocycles. The first-order chi connectivity index (χ1) is 23.7. The number of carbonyl (C=O) groups is 1. The highest BCUT2D eigenvalue weighted by Gasteiger charge is 2.13. The Morgan fingerprint density at radius 3 is 1.42 bits per heavy atom. The Labute approximate surface area is 299 Å². The van der Waals surface area contributed by atoms with E-state index in [2.05, 4.69) is 62.5 Å². The normalized spacial score (nSPS) is 12.8. The summed E-state index contributed by atoms with van der Waals surface area (Å²) in [5.74, 6) is -0.208. The third-order valence-corrected chi connectivity index (χ3v) is 8.92. The Bertz CT molecular complexity index is 753. The van der Waals surface area contributed by atoms with E-state index >= 15 is 0 Å². The lowest BCUT2D eigenvalue weighted by atomic mass is 10.0. The van der Waals surface area contributed by atoms with Gasteiger partial charge in [-0.05, 0) is 51.4 Å². The van der Waals surface area contributed by atoms with Crippen LogP contribution >= 0.6 is 0 Å². The van der Waals surface area contributed by atoms with Crippen LogP contribution in [-0.2, 0) is 14.3 Å². The van der Waals surface area contributed by atoms with Crippen molar-refractivity contribution < 1.29 is 19.4 Å². The molecule has 0 amide bonds. The number of hydrogen-bond acceptors (Lipinski definition) is 4. The predicted molar refractivity (Wildman–Crippen MR) is 210 cm³/mol. The number of ether oxygens (including phenoxy) is 2. The maximum Gasteiger partial charge on any atom is 0.306 e. The van der Waals surface area contributed by atoms with Gasteiger partial charge in [0.05, 0.1) is 13.2 Å². The Hall–Kier alpha value is -1.65. The van der Waals surface area contributed by atoms with Gasteiger partial charge in [0.15, 0.2) is 0 Å². The Morgan fingerprint density at radius 1 is 0.521 bits per heavy atom. The second-order valence-corrected chi connectivity index (χ2v) is 13.7. The van der Waals surface area contributed by atoms with Crippen LogP contribution in [-0.4, -0.2) is 37.0 Å². The quantitative estimate of drug-likeness (QED) is 0.0403. The molecule has 4 nitrogen and oxygen atoms in total. The lowest BCUT2D eigenvalue weighted by Gasteiger charge is -2.16. The predicted octanol–water partition coefficient (Wildman–Crippen LogP) is 13.5. The van der Waals surface area contributed by atoms with Gasteiger partial charge in [-0.25, -0.2) is 0 Å². The number of esters is 1. The van der Waals surface area contributed by atoms with Crippen LogP contribution in [0, 0.1) is 0 Å². The fourth-order valence-electron chi connectivity index (χ4n) is 5.85. The molecule has 0 saturated heterocycles. The van der Waals surface area contributed by atoms with Gasteiger partial charge in [-0.15, -0.1) is 0 Å². The number of hydrogen-bond donors (Lipinski definition) is 1. The van der Waals surface area contributed by atoms with Gasteiger partial charge in [0.2, 0.25) is 0 Å². The number of allylic oxidation sites excluding steroid dienone is 8. The summed E-state index contributed by atoms with van der Waals surface area (Å²) < 4.78 is 11.1. The molecule has 0 fully saturated rings. The molecule has 4 heteroatoms. The first kappa shape index (κ1) is 46.4. The van der Waals surface area contributed by atoms with Crippen LogP contribution in [0.25, 0.3) is 0 Å². The van der Waals surface area contributed by atoms with Crippen LogP contribution in [0.3, 0.4) is 0 Å². The first-order valence-electron chi connectivity index (χ1n) is 20.7. The SMILES string of the molecule is CC/C=C\C/C=C\C/C=C\C/C=C\CCCCCCCCCCC(=O)OC(CO)COCCCCCCCCCCCCCCCCC. The fourth-order valence-corrected chi connectivity index (χ4v) is 5.85. The van der Waals surface area contributed by atoms with Crippen molar-refractivity contribution in [3.05, 3.63) is 48.6 Å².